The number of benzene rings is 3. The SMILES string of the molecule is COc1cc2ncnc(Nc3cc(Cl)c(OCc4cccc(F)c4)cc3C(C)(C)O)c2cc1NC(=O)C=CCN(C)C. The van der Waals surface area contributed by atoms with Crippen molar-refractivity contribution in [3.05, 3.63) is 89.0 Å². The Kier molecular flexibility index (Phi) is 9.62. The molecule has 0 aliphatic carbocycles. The summed E-state index contributed by atoms with van der Waals surface area (Å²) in [5.74, 6) is 0.494. The molecule has 1 heterocycles. The normalized spacial score (nSPS) is 11.7. The fourth-order valence-corrected chi connectivity index (χ4v) is 4.40. The van der Waals surface area contributed by atoms with Crippen LogP contribution < -0.4 is 20.1 Å². The standard InChI is InChI=1S/C31H33ClFN5O4/c1-31(2,40)22-14-27(42-17-19-8-6-9-20(33)12-19)23(32)15-25(22)37-30-21-13-26(36-29(39)10-7-11-38(3)4)28(41-5)16-24(21)34-18-35-30/h6-10,12-16,18,40H,11,17H2,1-5H3,(H,36,39)(H,34,35,37). The van der Waals surface area contributed by atoms with Gasteiger partial charge in [-0.25, -0.2) is 14.4 Å². The topological polar surface area (TPSA) is 109 Å². The van der Waals surface area contributed by atoms with E-state index in [9.17, 15) is 14.3 Å². The van der Waals surface area contributed by atoms with Gasteiger partial charge in [0.15, 0.2) is 0 Å². The number of aromatic nitrogens is 2. The summed E-state index contributed by atoms with van der Waals surface area (Å²) in [6.07, 6.45) is 4.61. The van der Waals surface area contributed by atoms with Crippen LogP contribution in [0.3, 0.4) is 0 Å². The molecule has 0 fully saturated rings. The number of anilines is 3. The lowest BCUT2D eigenvalue weighted by Gasteiger charge is -2.24. The van der Waals surface area contributed by atoms with Crippen LogP contribution in [0.1, 0.15) is 25.0 Å². The third-order valence-electron chi connectivity index (χ3n) is 6.22. The second kappa shape index (κ2) is 13.2. The Balaban J connectivity index is 1.68. The maximum absolute atomic E-state index is 13.6. The fraction of sp³-hybridized carbons (Fsp3) is 0.258. The number of nitrogens with zero attached hydrogens (tertiary/aromatic N) is 3. The molecule has 42 heavy (non-hydrogen) atoms. The number of hydrogen-bond acceptors (Lipinski definition) is 8. The molecule has 0 aliphatic rings. The van der Waals surface area contributed by atoms with Crippen molar-refractivity contribution < 1.29 is 23.8 Å². The van der Waals surface area contributed by atoms with E-state index in [1.807, 2.05) is 19.0 Å². The summed E-state index contributed by atoms with van der Waals surface area (Å²) in [6.45, 7) is 3.98. The summed E-state index contributed by atoms with van der Waals surface area (Å²) >= 11 is 6.59. The molecular formula is C31H33ClFN5O4. The summed E-state index contributed by atoms with van der Waals surface area (Å²) in [5, 5.41) is 18.0. The van der Waals surface area contributed by atoms with Gasteiger partial charge in [0.2, 0.25) is 5.91 Å². The van der Waals surface area contributed by atoms with Gasteiger partial charge in [0.25, 0.3) is 0 Å². The Labute approximate surface area is 249 Å². The smallest absolute Gasteiger partial charge is 0.248 e. The van der Waals surface area contributed by atoms with Crippen LogP contribution in [0.2, 0.25) is 5.02 Å². The van der Waals surface area contributed by atoms with Crippen LogP contribution in [0.4, 0.5) is 21.6 Å². The van der Waals surface area contributed by atoms with Gasteiger partial charge in [-0.2, -0.15) is 0 Å². The van der Waals surface area contributed by atoms with E-state index in [0.29, 0.717) is 57.3 Å². The molecule has 0 saturated carbocycles. The molecule has 0 radical (unpaired) electrons. The van der Waals surface area contributed by atoms with E-state index in [0.717, 1.165) is 0 Å². The minimum atomic E-state index is -1.30. The summed E-state index contributed by atoms with van der Waals surface area (Å²) in [4.78, 5) is 23.3. The zero-order valence-corrected chi connectivity index (χ0v) is 24.8. The zero-order chi connectivity index (χ0) is 30.4. The van der Waals surface area contributed by atoms with Crippen molar-refractivity contribution in [2.45, 2.75) is 26.1 Å². The largest absolute Gasteiger partial charge is 0.494 e. The summed E-state index contributed by atoms with van der Waals surface area (Å²) in [6, 6.07) is 12.8. The monoisotopic (exact) mass is 593 g/mol. The number of ether oxygens (including phenoxy) is 2. The van der Waals surface area contributed by atoms with Gasteiger partial charge in [-0.15, -0.1) is 0 Å². The highest BCUT2D eigenvalue weighted by Gasteiger charge is 2.24. The molecule has 3 N–H and O–H groups in total. The van der Waals surface area contributed by atoms with Crippen LogP contribution in [0.5, 0.6) is 11.5 Å². The number of aliphatic hydroxyl groups is 1. The van der Waals surface area contributed by atoms with E-state index in [4.69, 9.17) is 21.1 Å². The van der Waals surface area contributed by atoms with E-state index in [1.54, 1.807) is 56.3 Å². The molecule has 0 unspecified atom stereocenters. The summed E-state index contributed by atoms with van der Waals surface area (Å²) < 4.78 is 25.0. The second-order valence-electron chi connectivity index (χ2n) is 10.4. The molecule has 9 nitrogen and oxygen atoms in total. The highest BCUT2D eigenvalue weighted by molar-refractivity contribution is 6.32. The van der Waals surface area contributed by atoms with Gasteiger partial charge in [0.1, 0.15) is 36.1 Å². The second-order valence-corrected chi connectivity index (χ2v) is 10.8. The Morgan fingerprint density at radius 1 is 1.12 bits per heavy atom. The van der Waals surface area contributed by atoms with Gasteiger partial charge in [0.05, 0.1) is 28.9 Å². The molecule has 11 heteroatoms. The molecule has 3 aromatic carbocycles. The third kappa shape index (κ3) is 7.73. The van der Waals surface area contributed by atoms with Crippen LogP contribution in [-0.2, 0) is 17.0 Å². The number of nitrogens with one attached hydrogen (secondary N) is 2. The van der Waals surface area contributed by atoms with Gasteiger partial charge in [-0.05, 0) is 63.8 Å². The number of hydrogen-bond donors (Lipinski definition) is 3. The van der Waals surface area contributed by atoms with E-state index in [1.165, 1.54) is 31.6 Å². The number of halogens is 2. The molecule has 1 amide bonds. The maximum atomic E-state index is 13.6. The summed E-state index contributed by atoms with van der Waals surface area (Å²) in [7, 11) is 5.33. The average molecular weight is 594 g/mol. The first-order valence-electron chi connectivity index (χ1n) is 13.1. The molecule has 0 bridgehead atoms. The molecule has 220 valence electrons. The molecule has 4 rings (SSSR count). The molecule has 1 aromatic heterocycles. The Hall–Kier alpha value is -4.25. The van der Waals surface area contributed by atoms with E-state index in [-0.39, 0.29) is 23.4 Å². The molecule has 4 aromatic rings. The summed E-state index contributed by atoms with van der Waals surface area (Å²) in [5.41, 5.74) is 1.31. The quantitative estimate of drug-likeness (QED) is 0.181. The van der Waals surface area contributed by atoms with Gasteiger partial charge in [-0.3, -0.25) is 4.79 Å². The predicted octanol–water partition coefficient (Wildman–Crippen LogP) is 6.04. The number of carbonyl (C=O) groups is 1. The predicted molar refractivity (Wildman–Crippen MR) is 163 cm³/mol. The van der Waals surface area contributed by atoms with Crippen molar-refractivity contribution in [3.8, 4) is 11.5 Å². The number of carbonyl (C=O) groups excluding carboxylic acids is 1. The van der Waals surface area contributed by atoms with Gasteiger partial charge in [-0.1, -0.05) is 29.8 Å². The van der Waals surface area contributed by atoms with E-state index in [2.05, 4.69) is 20.6 Å². The Morgan fingerprint density at radius 2 is 1.90 bits per heavy atom. The lowest BCUT2D eigenvalue weighted by molar-refractivity contribution is -0.111. The van der Waals surface area contributed by atoms with Gasteiger partial charge in [0, 0.05) is 35.3 Å². The first-order valence-corrected chi connectivity index (χ1v) is 13.5. The fourth-order valence-electron chi connectivity index (χ4n) is 4.18. The van der Waals surface area contributed by atoms with Crippen molar-refractivity contribution in [1.82, 2.24) is 14.9 Å². The minimum absolute atomic E-state index is 0.0900. The zero-order valence-electron chi connectivity index (χ0n) is 24.0. The van der Waals surface area contributed by atoms with Crippen molar-refractivity contribution in [1.29, 1.82) is 0 Å². The molecular weight excluding hydrogens is 561 g/mol. The third-order valence-corrected chi connectivity index (χ3v) is 6.52. The molecule has 0 aliphatic heterocycles. The average Bonchev–Trinajstić information content (AvgIpc) is 2.91. The van der Waals surface area contributed by atoms with Crippen molar-refractivity contribution >= 4 is 45.6 Å². The number of likely N-dealkylation sites (N-methyl/N-ethyl adjacent to an activating group) is 1. The first kappa shape index (κ1) is 30.7. The Bertz CT molecular complexity index is 1620. The van der Waals surface area contributed by atoms with Crippen molar-refractivity contribution in [3.63, 3.8) is 0 Å². The lowest BCUT2D eigenvalue weighted by Crippen LogP contribution is -2.18. The van der Waals surface area contributed by atoms with Crippen molar-refractivity contribution in [2.24, 2.45) is 0 Å². The number of amides is 1. The highest BCUT2D eigenvalue weighted by Crippen LogP contribution is 2.40. The number of fused-ring (bicyclic) bond motifs is 1. The first-order chi connectivity index (χ1) is 19.9. The maximum Gasteiger partial charge on any atom is 0.248 e. The van der Waals surface area contributed by atoms with Crippen LogP contribution in [0.25, 0.3) is 10.9 Å². The van der Waals surface area contributed by atoms with Crippen LogP contribution in [0, 0.1) is 5.82 Å². The molecule has 0 spiro atoms. The number of methoxy groups -OCH3 is 1. The molecule has 0 atom stereocenters. The van der Waals surface area contributed by atoms with Crippen LogP contribution in [-0.4, -0.2) is 53.6 Å². The minimum Gasteiger partial charge on any atom is -0.494 e. The Morgan fingerprint density at radius 3 is 2.60 bits per heavy atom. The highest BCUT2D eigenvalue weighted by atomic mass is 35.5. The van der Waals surface area contributed by atoms with Crippen LogP contribution >= 0.6 is 11.6 Å². The molecule has 0 saturated heterocycles. The van der Waals surface area contributed by atoms with Gasteiger partial charge < -0.3 is 30.1 Å². The van der Waals surface area contributed by atoms with E-state index < -0.39 is 5.60 Å². The van der Waals surface area contributed by atoms with Gasteiger partial charge >= 0.3 is 0 Å². The lowest BCUT2D eigenvalue weighted by atomic mass is 9.96. The van der Waals surface area contributed by atoms with E-state index >= 15 is 0 Å². The van der Waals surface area contributed by atoms with Crippen LogP contribution in [0.15, 0.2) is 67.0 Å². The number of rotatable bonds is 11. The van der Waals surface area contributed by atoms with Crippen molar-refractivity contribution in [2.75, 3.05) is 38.4 Å².